The highest BCUT2D eigenvalue weighted by Crippen LogP contribution is 2.24. The molecule has 0 aliphatic carbocycles. The van der Waals surface area contributed by atoms with E-state index in [9.17, 15) is 4.79 Å². The van der Waals surface area contributed by atoms with E-state index >= 15 is 0 Å². The summed E-state index contributed by atoms with van der Waals surface area (Å²) < 4.78 is 4.27. The number of aromatic nitrogens is 1. The van der Waals surface area contributed by atoms with E-state index in [1.165, 1.54) is 17.1 Å². The van der Waals surface area contributed by atoms with Gasteiger partial charge in [0.25, 0.3) is 5.91 Å². The van der Waals surface area contributed by atoms with Gasteiger partial charge >= 0.3 is 0 Å². The fourth-order valence-corrected chi connectivity index (χ4v) is 3.88. The van der Waals surface area contributed by atoms with E-state index in [0.29, 0.717) is 5.56 Å². The van der Waals surface area contributed by atoms with Crippen molar-refractivity contribution in [1.29, 1.82) is 0 Å². The van der Waals surface area contributed by atoms with Crippen molar-refractivity contribution in [1.82, 2.24) is 14.6 Å². The molecule has 3 rings (SSSR count). The third-order valence-electron chi connectivity index (χ3n) is 4.49. The third kappa shape index (κ3) is 3.94. The fraction of sp³-hybridized carbons (Fsp3) is 0.444. The Balaban J connectivity index is 1.52. The minimum Gasteiger partial charge on any atom is -0.378 e. The van der Waals surface area contributed by atoms with Gasteiger partial charge in [-0.15, -0.1) is 0 Å². The summed E-state index contributed by atoms with van der Waals surface area (Å²) >= 11 is 1.34. The van der Waals surface area contributed by atoms with E-state index in [4.69, 9.17) is 0 Å². The number of likely N-dealkylation sites (tertiary alicyclic amines) is 1. The van der Waals surface area contributed by atoms with Gasteiger partial charge < -0.3 is 10.6 Å². The molecule has 1 saturated heterocycles. The van der Waals surface area contributed by atoms with Crippen LogP contribution in [0.3, 0.4) is 0 Å². The maximum absolute atomic E-state index is 12.5. The molecule has 0 saturated carbocycles. The lowest BCUT2D eigenvalue weighted by atomic mass is 10.0. The number of amides is 1. The number of carbonyl (C=O) groups excluding carboxylic acids is 1. The topological polar surface area (TPSA) is 57.3 Å². The smallest absolute Gasteiger partial charge is 0.256 e. The van der Waals surface area contributed by atoms with Crippen molar-refractivity contribution in [3.8, 4) is 0 Å². The van der Waals surface area contributed by atoms with E-state index in [-0.39, 0.29) is 11.9 Å². The molecule has 5 nitrogen and oxygen atoms in total. The molecule has 0 spiro atoms. The van der Waals surface area contributed by atoms with Gasteiger partial charge in [0.05, 0.1) is 11.3 Å². The molecule has 6 heteroatoms. The molecule has 0 radical (unpaired) electrons. The average Bonchev–Trinajstić information content (AvgIpc) is 2.98. The van der Waals surface area contributed by atoms with E-state index in [2.05, 4.69) is 44.2 Å². The number of carbonyl (C=O) groups is 1. The summed E-state index contributed by atoms with van der Waals surface area (Å²) in [4.78, 5) is 15.0. The number of rotatable bonds is 5. The first-order valence-electron chi connectivity index (χ1n) is 8.38. The Bertz CT molecular complexity index is 678. The zero-order valence-corrected chi connectivity index (χ0v) is 15.0. The minimum atomic E-state index is -0.00731. The van der Waals surface area contributed by atoms with Gasteiger partial charge in [0.15, 0.2) is 0 Å². The Morgan fingerprint density at radius 3 is 2.67 bits per heavy atom. The van der Waals surface area contributed by atoms with E-state index < -0.39 is 0 Å². The van der Waals surface area contributed by atoms with Crippen LogP contribution in [-0.2, 0) is 6.54 Å². The molecule has 1 aromatic carbocycles. The number of anilines is 1. The van der Waals surface area contributed by atoms with E-state index in [1.807, 2.05) is 20.0 Å². The number of piperidine rings is 1. The lowest BCUT2D eigenvalue weighted by molar-refractivity contribution is 0.0909. The van der Waals surface area contributed by atoms with Gasteiger partial charge in [0, 0.05) is 32.7 Å². The molecular formula is C18H24N4OS. The van der Waals surface area contributed by atoms with Crippen molar-refractivity contribution in [3.05, 3.63) is 47.2 Å². The van der Waals surface area contributed by atoms with Crippen LogP contribution in [0.1, 0.15) is 34.5 Å². The first-order chi connectivity index (χ1) is 11.7. The summed E-state index contributed by atoms with van der Waals surface area (Å²) in [5, 5.41) is 7.08. The molecule has 2 heterocycles. The predicted octanol–water partition coefficient (Wildman–Crippen LogP) is 2.89. The van der Waals surface area contributed by atoms with Gasteiger partial charge in [-0.05, 0) is 36.9 Å². The SMILES string of the molecule is CNc1snc(C)c1C(=O)NC1CCN(Cc2ccccc2)CC1. The molecule has 0 atom stereocenters. The van der Waals surface area contributed by atoms with Crippen LogP contribution >= 0.6 is 11.5 Å². The molecule has 1 aliphatic heterocycles. The summed E-state index contributed by atoms with van der Waals surface area (Å²) in [6.07, 6.45) is 1.98. The average molecular weight is 344 g/mol. The first-order valence-corrected chi connectivity index (χ1v) is 9.16. The summed E-state index contributed by atoms with van der Waals surface area (Å²) in [7, 11) is 1.83. The minimum absolute atomic E-state index is 0.00731. The Labute approximate surface area is 147 Å². The molecule has 24 heavy (non-hydrogen) atoms. The normalized spacial score (nSPS) is 16.1. The van der Waals surface area contributed by atoms with Gasteiger partial charge in [0.1, 0.15) is 5.00 Å². The molecule has 1 fully saturated rings. The number of nitrogens with one attached hydrogen (secondary N) is 2. The largest absolute Gasteiger partial charge is 0.378 e. The second-order valence-corrected chi connectivity index (χ2v) is 7.00. The number of hydrogen-bond donors (Lipinski definition) is 2. The maximum Gasteiger partial charge on any atom is 0.256 e. The summed E-state index contributed by atoms with van der Waals surface area (Å²) in [5.41, 5.74) is 2.83. The zero-order valence-electron chi connectivity index (χ0n) is 14.2. The van der Waals surface area contributed by atoms with Gasteiger partial charge in [-0.25, -0.2) is 0 Å². The van der Waals surface area contributed by atoms with Crippen molar-refractivity contribution in [2.24, 2.45) is 0 Å². The van der Waals surface area contributed by atoms with Crippen molar-refractivity contribution < 1.29 is 4.79 Å². The van der Waals surface area contributed by atoms with Crippen molar-refractivity contribution >= 4 is 22.4 Å². The molecule has 1 aromatic heterocycles. The highest BCUT2D eigenvalue weighted by atomic mass is 32.1. The first kappa shape index (κ1) is 16.9. The molecule has 0 unspecified atom stereocenters. The molecule has 1 amide bonds. The molecule has 1 aliphatic rings. The van der Waals surface area contributed by atoms with Crippen LogP contribution < -0.4 is 10.6 Å². The quantitative estimate of drug-likeness (QED) is 0.876. The highest BCUT2D eigenvalue weighted by Gasteiger charge is 2.24. The maximum atomic E-state index is 12.5. The highest BCUT2D eigenvalue weighted by molar-refractivity contribution is 7.10. The van der Waals surface area contributed by atoms with Crippen molar-refractivity contribution in [3.63, 3.8) is 0 Å². The van der Waals surface area contributed by atoms with Crippen molar-refractivity contribution in [2.75, 3.05) is 25.5 Å². The van der Waals surface area contributed by atoms with E-state index in [0.717, 1.165) is 43.2 Å². The predicted molar refractivity (Wildman–Crippen MR) is 98.6 cm³/mol. The number of hydrogen-bond acceptors (Lipinski definition) is 5. The Morgan fingerprint density at radius 1 is 1.29 bits per heavy atom. The van der Waals surface area contributed by atoms with Crippen molar-refractivity contribution in [2.45, 2.75) is 32.4 Å². The van der Waals surface area contributed by atoms with Gasteiger partial charge in [0.2, 0.25) is 0 Å². The van der Waals surface area contributed by atoms with Gasteiger partial charge in [-0.3, -0.25) is 9.69 Å². The summed E-state index contributed by atoms with van der Waals surface area (Å²) in [5.74, 6) is -0.00731. The number of nitrogens with zero attached hydrogens (tertiary/aromatic N) is 2. The van der Waals surface area contributed by atoms with Crippen LogP contribution in [0.4, 0.5) is 5.00 Å². The number of benzene rings is 1. The molecule has 2 aromatic rings. The Morgan fingerprint density at radius 2 is 2.00 bits per heavy atom. The van der Waals surface area contributed by atoms with E-state index in [1.54, 1.807) is 0 Å². The summed E-state index contributed by atoms with van der Waals surface area (Å²) in [6.45, 7) is 4.90. The summed E-state index contributed by atoms with van der Waals surface area (Å²) in [6, 6.07) is 10.8. The third-order valence-corrected chi connectivity index (χ3v) is 5.44. The van der Waals surface area contributed by atoms with Crippen LogP contribution in [0.5, 0.6) is 0 Å². The Hall–Kier alpha value is -1.92. The fourth-order valence-electron chi connectivity index (χ4n) is 3.14. The monoisotopic (exact) mass is 344 g/mol. The van der Waals surface area contributed by atoms with Crippen LogP contribution in [0.15, 0.2) is 30.3 Å². The van der Waals surface area contributed by atoms with Gasteiger partial charge in [-0.1, -0.05) is 30.3 Å². The molecule has 0 bridgehead atoms. The Kier molecular flexibility index (Phi) is 5.48. The second kappa shape index (κ2) is 7.77. The standard InChI is InChI=1S/C18H24N4OS/c1-13-16(18(19-2)24-21-13)17(23)20-15-8-10-22(11-9-15)12-14-6-4-3-5-7-14/h3-7,15,19H,8-12H2,1-2H3,(H,20,23). The zero-order chi connectivity index (χ0) is 16.9. The van der Waals surface area contributed by atoms with Crippen LogP contribution in [0.2, 0.25) is 0 Å². The van der Waals surface area contributed by atoms with Crippen LogP contribution in [0.25, 0.3) is 0 Å². The van der Waals surface area contributed by atoms with Crippen LogP contribution in [-0.4, -0.2) is 41.4 Å². The second-order valence-electron chi connectivity index (χ2n) is 6.23. The number of aryl methyl sites for hydroxylation is 1. The molecule has 128 valence electrons. The molecule has 2 N–H and O–H groups in total. The van der Waals surface area contributed by atoms with Gasteiger partial charge in [-0.2, -0.15) is 4.37 Å². The van der Waals surface area contributed by atoms with Crippen LogP contribution in [0, 0.1) is 6.92 Å². The lowest BCUT2D eigenvalue weighted by Gasteiger charge is -2.32. The lowest BCUT2D eigenvalue weighted by Crippen LogP contribution is -2.44. The molecular weight excluding hydrogens is 320 g/mol.